The summed E-state index contributed by atoms with van der Waals surface area (Å²) in [6.45, 7) is 22.5. The van der Waals surface area contributed by atoms with Crippen LogP contribution in [0.15, 0.2) is 212 Å². The third-order valence-electron chi connectivity index (χ3n) is 14.8. The maximum absolute atomic E-state index is 6.91. The Morgan fingerprint density at radius 2 is 0.763 bits per heavy atom. The highest BCUT2D eigenvalue weighted by molar-refractivity contribution is 9.11. The van der Waals surface area contributed by atoms with Crippen LogP contribution in [0.4, 0.5) is 34.1 Å². The second-order valence-electron chi connectivity index (χ2n) is 22.8. The summed E-state index contributed by atoms with van der Waals surface area (Å²) in [7, 11) is 0. The molecule has 0 amide bonds. The van der Waals surface area contributed by atoms with E-state index in [4.69, 9.17) is 8.83 Å². The second-order valence-corrected chi connectivity index (χ2v) is 24.5. The Morgan fingerprint density at radius 1 is 0.355 bits per heavy atom. The van der Waals surface area contributed by atoms with E-state index >= 15 is 0 Å². The highest BCUT2D eigenvalue weighted by atomic mass is 79.9. The summed E-state index contributed by atoms with van der Waals surface area (Å²) in [5, 5.41) is 9.37. The number of furan rings is 2. The first-order valence-electron chi connectivity index (χ1n) is 26.5. The normalized spacial score (nSPS) is 12.2. The Balaban J connectivity index is 0.000000162. The Bertz CT molecular complexity index is 4150. The SMILES string of the molecule is CC(C)c1ccccc1N(c1ccc2ccccc2c1)c1ccc(Br)c2c1oc1c(C(C)(C)C)ccc(Br)c12.CC(C)c1ccccc1N(c1ccc2ccccc2c1)c1cccc2c1oc1c(C(C)(C)C)cccc12. The standard InChI is InChI=1S/C35H31Br2NO.C35H33NO/c1-21(2)25-12-8-9-13-29(25)38(24-15-14-22-10-6-7-11-23(22)20-24)30-19-18-28(37)32-31-27(36)17-16-26(35(3,4)5)33(31)39-34(30)32;1-23(2)27-14-8-9-18-31(27)36(26-21-20-24-12-6-7-13-25(24)22-26)32-19-11-16-29-28-15-10-17-30(35(3,4)5)33(28)37-34(29)32/h6-21H,1-5H3;6-23H,1-5H3. The molecule has 0 spiro atoms. The third kappa shape index (κ3) is 9.28. The first-order valence-corrected chi connectivity index (χ1v) is 28.1. The van der Waals surface area contributed by atoms with Crippen LogP contribution in [-0.4, -0.2) is 0 Å². The van der Waals surface area contributed by atoms with E-state index in [9.17, 15) is 0 Å². The average Bonchev–Trinajstić information content (AvgIpc) is 4.07. The van der Waals surface area contributed by atoms with Gasteiger partial charge in [-0.3, -0.25) is 0 Å². The lowest BCUT2D eigenvalue weighted by Gasteiger charge is -2.29. The van der Waals surface area contributed by atoms with Gasteiger partial charge in [-0.2, -0.15) is 0 Å². The van der Waals surface area contributed by atoms with Crippen LogP contribution >= 0.6 is 31.9 Å². The first kappa shape index (κ1) is 51.0. The quantitative estimate of drug-likeness (QED) is 0.152. The maximum atomic E-state index is 6.91. The Labute approximate surface area is 464 Å². The van der Waals surface area contributed by atoms with Gasteiger partial charge in [0.15, 0.2) is 11.2 Å². The molecule has 2 aromatic heterocycles. The molecule has 4 nitrogen and oxygen atoms in total. The number of halogens is 2. The molecule has 76 heavy (non-hydrogen) atoms. The fourth-order valence-corrected chi connectivity index (χ4v) is 12.0. The molecule has 10 aromatic carbocycles. The minimum atomic E-state index is -0.0677. The van der Waals surface area contributed by atoms with Gasteiger partial charge in [0.25, 0.3) is 0 Å². The van der Waals surface area contributed by atoms with E-state index in [1.807, 2.05) is 0 Å². The van der Waals surface area contributed by atoms with Gasteiger partial charge in [0.2, 0.25) is 0 Å². The Kier molecular flexibility index (Phi) is 13.5. The molecule has 0 bridgehead atoms. The van der Waals surface area contributed by atoms with Gasteiger partial charge >= 0.3 is 0 Å². The van der Waals surface area contributed by atoms with Crippen molar-refractivity contribution in [1.82, 2.24) is 0 Å². The highest BCUT2D eigenvalue weighted by Gasteiger charge is 2.29. The van der Waals surface area contributed by atoms with E-state index < -0.39 is 0 Å². The van der Waals surface area contributed by atoms with E-state index in [2.05, 4.69) is 305 Å². The largest absolute Gasteiger partial charge is 0.454 e. The number of anilines is 6. The lowest BCUT2D eigenvalue weighted by molar-refractivity contribution is 0.572. The maximum Gasteiger partial charge on any atom is 0.160 e. The average molecular weight is 1130 g/mol. The van der Waals surface area contributed by atoms with Gasteiger partial charge in [0.05, 0.1) is 11.4 Å². The number of fused-ring (bicyclic) bond motifs is 8. The number of hydrogen-bond acceptors (Lipinski definition) is 4. The van der Waals surface area contributed by atoms with Gasteiger partial charge in [-0.15, -0.1) is 0 Å². The van der Waals surface area contributed by atoms with Crippen molar-refractivity contribution >= 4 is 131 Å². The molecule has 380 valence electrons. The number of nitrogens with zero attached hydrogens (tertiary/aromatic N) is 2. The summed E-state index contributed by atoms with van der Waals surface area (Å²) in [6, 6.07) is 69.6. The van der Waals surface area contributed by atoms with Crippen LogP contribution in [0.25, 0.3) is 65.4 Å². The molecule has 0 saturated heterocycles. The predicted molar refractivity (Wildman–Crippen MR) is 333 cm³/mol. The molecule has 12 rings (SSSR count). The van der Waals surface area contributed by atoms with Gasteiger partial charge in [0, 0.05) is 64.4 Å². The minimum Gasteiger partial charge on any atom is -0.454 e. The van der Waals surface area contributed by atoms with E-state index in [1.54, 1.807) is 0 Å². The molecule has 0 radical (unpaired) electrons. The van der Waals surface area contributed by atoms with E-state index in [0.717, 1.165) is 75.9 Å². The van der Waals surface area contributed by atoms with E-state index in [0.29, 0.717) is 11.8 Å². The van der Waals surface area contributed by atoms with Crippen molar-refractivity contribution in [1.29, 1.82) is 0 Å². The molecule has 0 saturated carbocycles. The molecule has 2 heterocycles. The molecule has 0 unspecified atom stereocenters. The van der Waals surface area contributed by atoms with Crippen LogP contribution in [0, 0.1) is 0 Å². The molecule has 0 aliphatic carbocycles. The zero-order chi connectivity index (χ0) is 53.2. The third-order valence-corrected chi connectivity index (χ3v) is 16.2. The van der Waals surface area contributed by atoms with Crippen LogP contribution in [-0.2, 0) is 10.8 Å². The fourth-order valence-electron chi connectivity index (χ4n) is 11.0. The van der Waals surface area contributed by atoms with Crippen LogP contribution in [0.2, 0.25) is 0 Å². The van der Waals surface area contributed by atoms with Crippen LogP contribution < -0.4 is 9.80 Å². The topological polar surface area (TPSA) is 32.8 Å². The van der Waals surface area contributed by atoms with Crippen molar-refractivity contribution in [2.24, 2.45) is 0 Å². The zero-order valence-electron chi connectivity index (χ0n) is 45.1. The molecule has 12 aromatic rings. The minimum absolute atomic E-state index is 0.0180. The van der Waals surface area contributed by atoms with Crippen molar-refractivity contribution in [2.75, 3.05) is 9.80 Å². The zero-order valence-corrected chi connectivity index (χ0v) is 48.3. The van der Waals surface area contributed by atoms with Gasteiger partial charge in [-0.1, -0.05) is 235 Å². The van der Waals surface area contributed by atoms with Gasteiger partial charge < -0.3 is 18.6 Å². The molecule has 0 atom stereocenters. The van der Waals surface area contributed by atoms with E-state index in [-0.39, 0.29) is 10.8 Å². The summed E-state index contributed by atoms with van der Waals surface area (Å²) < 4.78 is 15.8. The first-order chi connectivity index (χ1) is 36.5. The van der Waals surface area contributed by atoms with Crippen LogP contribution in [0.3, 0.4) is 0 Å². The molecule has 0 N–H and O–H groups in total. The molecular formula is C70H64Br2N2O2. The van der Waals surface area contributed by atoms with Gasteiger partial charge in [-0.05, 0) is 116 Å². The van der Waals surface area contributed by atoms with Crippen molar-refractivity contribution < 1.29 is 8.83 Å². The lowest BCUT2D eigenvalue weighted by atomic mass is 9.86. The van der Waals surface area contributed by atoms with Crippen molar-refractivity contribution in [3.05, 3.63) is 225 Å². The summed E-state index contributed by atoms with van der Waals surface area (Å²) in [5.41, 5.74) is 15.2. The van der Waals surface area contributed by atoms with Crippen molar-refractivity contribution in [3.8, 4) is 0 Å². The van der Waals surface area contributed by atoms with Gasteiger partial charge in [0.1, 0.15) is 11.2 Å². The number of benzene rings is 10. The molecular weight excluding hydrogens is 1060 g/mol. The van der Waals surface area contributed by atoms with Crippen molar-refractivity contribution in [2.45, 2.75) is 91.9 Å². The summed E-state index contributed by atoms with van der Waals surface area (Å²) >= 11 is 7.72. The highest BCUT2D eigenvalue weighted by Crippen LogP contribution is 2.50. The molecule has 0 fully saturated rings. The molecule has 0 aliphatic rings. The van der Waals surface area contributed by atoms with Crippen molar-refractivity contribution in [3.63, 3.8) is 0 Å². The Morgan fingerprint density at radius 3 is 1.29 bits per heavy atom. The number of rotatable bonds is 8. The smallest absolute Gasteiger partial charge is 0.160 e. The summed E-state index contributed by atoms with van der Waals surface area (Å²) in [6.07, 6.45) is 0. The second kappa shape index (κ2) is 20.1. The molecule has 0 aliphatic heterocycles. The summed E-state index contributed by atoms with van der Waals surface area (Å²) in [5.74, 6) is 0.730. The predicted octanol–water partition coefficient (Wildman–Crippen LogP) is 22.8. The number of hydrogen-bond donors (Lipinski definition) is 0. The van der Waals surface area contributed by atoms with E-state index in [1.165, 1.54) is 54.9 Å². The monoisotopic (exact) mass is 1120 g/mol. The van der Waals surface area contributed by atoms with Crippen LogP contribution in [0.5, 0.6) is 0 Å². The number of para-hydroxylation sites is 4. The van der Waals surface area contributed by atoms with Crippen LogP contribution in [0.1, 0.15) is 103 Å². The van der Waals surface area contributed by atoms with Gasteiger partial charge in [-0.25, -0.2) is 0 Å². The Hall–Kier alpha value is -7.12. The lowest BCUT2D eigenvalue weighted by Crippen LogP contribution is -2.13. The fraction of sp³-hybridized carbons (Fsp3) is 0.200. The molecule has 6 heteroatoms. The summed E-state index contributed by atoms with van der Waals surface area (Å²) in [4.78, 5) is 4.74.